The molecule has 2 N–H and O–H groups in total. The molecule has 0 bridgehead atoms. The van der Waals surface area contributed by atoms with Crippen LogP contribution < -0.4 is 4.72 Å². The fraction of sp³-hybridized carbons (Fsp3) is 0.462. The molecule has 0 amide bonds. The van der Waals surface area contributed by atoms with E-state index >= 15 is 0 Å². The van der Waals surface area contributed by atoms with Gasteiger partial charge in [-0.2, -0.15) is 0 Å². The number of sulfonamides is 1. The number of nitrogens with one attached hydrogen (secondary N) is 1. The molecule has 0 radical (unpaired) electrons. The molecule has 0 saturated heterocycles. The molecule has 1 rings (SSSR count). The smallest absolute Gasteiger partial charge is 0.310 e. The van der Waals surface area contributed by atoms with Gasteiger partial charge in [0.15, 0.2) is 0 Å². The lowest BCUT2D eigenvalue weighted by Gasteiger charge is -2.23. The van der Waals surface area contributed by atoms with E-state index < -0.39 is 21.4 Å². The average molecular weight is 320 g/mol. The van der Waals surface area contributed by atoms with E-state index in [0.717, 1.165) is 0 Å². The van der Waals surface area contributed by atoms with Crippen LogP contribution in [0.3, 0.4) is 0 Å². The molecule has 0 fully saturated rings. The quantitative estimate of drug-likeness (QED) is 0.843. The van der Waals surface area contributed by atoms with Crippen LogP contribution in [0.4, 0.5) is 0 Å². The van der Waals surface area contributed by atoms with Gasteiger partial charge in [-0.15, -0.1) is 0 Å². The molecule has 0 aliphatic rings. The Bertz CT molecular complexity index is 615. The Kier molecular flexibility index (Phi) is 5.18. The van der Waals surface area contributed by atoms with Crippen molar-refractivity contribution in [2.24, 2.45) is 5.41 Å². The highest BCUT2D eigenvalue weighted by molar-refractivity contribution is 7.89. The van der Waals surface area contributed by atoms with Crippen LogP contribution >= 0.6 is 11.6 Å². The maximum Gasteiger partial charge on any atom is 0.310 e. The lowest BCUT2D eigenvalue weighted by molar-refractivity contribution is -0.147. The minimum absolute atomic E-state index is 0.0637. The maximum absolute atomic E-state index is 12.2. The normalized spacial score (nSPS) is 14.8. The summed E-state index contributed by atoms with van der Waals surface area (Å²) in [5.74, 6) is -1.04. The minimum atomic E-state index is -3.79. The van der Waals surface area contributed by atoms with E-state index in [1.165, 1.54) is 13.0 Å². The van der Waals surface area contributed by atoms with Crippen LogP contribution in [-0.2, 0) is 14.8 Å². The van der Waals surface area contributed by atoms with Crippen molar-refractivity contribution in [2.75, 3.05) is 6.54 Å². The van der Waals surface area contributed by atoms with Crippen LogP contribution in [0, 0.1) is 12.3 Å². The van der Waals surface area contributed by atoms with E-state index in [-0.39, 0.29) is 11.4 Å². The van der Waals surface area contributed by atoms with E-state index in [1.807, 2.05) is 0 Å². The maximum atomic E-state index is 12.2. The summed E-state index contributed by atoms with van der Waals surface area (Å²) < 4.78 is 26.8. The summed E-state index contributed by atoms with van der Waals surface area (Å²) in [5.41, 5.74) is -0.699. The molecule has 5 nitrogen and oxygen atoms in total. The number of benzene rings is 1. The zero-order valence-corrected chi connectivity index (χ0v) is 13.2. The molecule has 0 spiro atoms. The van der Waals surface area contributed by atoms with Crippen molar-refractivity contribution in [3.63, 3.8) is 0 Å². The molecule has 1 atom stereocenters. The van der Waals surface area contributed by atoms with E-state index in [1.54, 1.807) is 26.0 Å². The third kappa shape index (κ3) is 3.50. The number of halogens is 1. The molecule has 1 aromatic rings. The van der Waals surface area contributed by atoms with Gasteiger partial charge in [0.25, 0.3) is 0 Å². The Hall–Kier alpha value is -1.11. The average Bonchev–Trinajstić information content (AvgIpc) is 2.38. The van der Waals surface area contributed by atoms with Crippen molar-refractivity contribution in [3.05, 3.63) is 28.8 Å². The van der Waals surface area contributed by atoms with Crippen LogP contribution in [0.1, 0.15) is 25.8 Å². The Morgan fingerprint density at radius 3 is 2.55 bits per heavy atom. The fourth-order valence-corrected chi connectivity index (χ4v) is 3.23. The second-order valence-electron chi connectivity index (χ2n) is 4.91. The van der Waals surface area contributed by atoms with Gasteiger partial charge in [-0.3, -0.25) is 4.79 Å². The SMILES string of the molecule is CCC(C)(CNS(=O)(=O)c1cccc(Cl)c1C)C(=O)O. The van der Waals surface area contributed by atoms with Crippen molar-refractivity contribution < 1.29 is 18.3 Å². The van der Waals surface area contributed by atoms with Crippen molar-refractivity contribution in [1.82, 2.24) is 4.72 Å². The Morgan fingerprint density at radius 2 is 2.05 bits per heavy atom. The largest absolute Gasteiger partial charge is 0.481 e. The molecule has 0 aromatic heterocycles. The van der Waals surface area contributed by atoms with Gasteiger partial charge in [0.05, 0.1) is 10.3 Å². The molecule has 112 valence electrons. The molecular formula is C13H18ClNO4S. The van der Waals surface area contributed by atoms with Crippen LogP contribution in [0.25, 0.3) is 0 Å². The molecule has 0 aliphatic carbocycles. The minimum Gasteiger partial charge on any atom is -0.481 e. The number of hydrogen-bond acceptors (Lipinski definition) is 3. The summed E-state index contributed by atoms with van der Waals surface area (Å²) in [6.07, 6.45) is 0.319. The number of hydrogen-bond donors (Lipinski definition) is 2. The number of carboxylic acids is 1. The van der Waals surface area contributed by atoms with Gasteiger partial charge in [0.1, 0.15) is 0 Å². The second kappa shape index (κ2) is 6.11. The van der Waals surface area contributed by atoms with E-state index in [4.69, 9.17) is 16.7 Å². The summed E-state index contributed by atoms with van der Waals surface area (Å²) >= 11 is 5.90. The summed E-state index contributed by atoms with van der Waals surface area (Å²) in [6, 6.07) is 4.58. The molecule has 0 aliphatic heterocycles. The Morgan fingerprint density at radius 1 is 1.45 bits per heavy atom. The third-order valence-corrected chi connectivity index (χ3v) is 5.41. The highest BCUT2D eigenvalue weighted by atomic mass is 35.5. The molecule has 20 heavy (non-hydrogen) atoms. The van der Waals surface area contributed by atoms with E-state index in [9.17, 15) is 13.2 Å². The summed E-state index contributed by atoms with van der Waals surface area (Å²) in [4.78, 5) is 11.2. The molecule has 7 heteroatoms. The standard InChI is InChI=1S/C13H18ClNO4S/c1-4-13(3,12(16)17)8-15-20(18,19)11-7-5-6-10(14)9(11)2/h5-7,15H,4,8H2,1-3H3,(H,16,17). The number of carboxylic acid groups (broad SMARTS) is 1. The van der Waals surface area contributed by atoms with Gasteiger partial charge in [-0.1, -0.05) is 24.6 Å². The van der Waals surface area contributed by atoms with Gasteiger partial charge in [0, 0.05) is 11.6 Å². The first-order chi connectivity index (χ1) is 9.14. The number of rotatable bonds is 6. The molecule has 1 aromatic carbocycles. The zero-order chi connectivity index (χ0) is 15.6. The topological polar surface area (TPSA) is 83.5 Å². The molecular weight excluding hydrogens is 302 g/mol. The molecule has 1 unspecified atom stereocenters. The van der Waals surface area contributed by atoms with Gasteiger partial charge < -0.3 is 5.11 Å². The third-order valence-electron chi connectivity index (χ3n) is 3.46. The van der Waals surface area contributed by atoms with Gasteiger partial charge in [0.2, 0.25) is 10.0 Å². The van der Waals surface area contributed by atoms with Crippen molar-refractivity contribution >= 4 is 27.6 Å². The lowest BCUT2D eigenvalue weighted by Crippen LogP contribution is -2.40. The Labute approximate surface area is 124 Å². The van der Waals surface area contributed by atoms with Crippen LogP contribution in [0.2, 0.25) is 5.02 Å². The number of aliphatic carboxylic acids is 1. The summed E-state index contributed by atoms with van der Waals surface area (Å²) in [6.45, 7) is 4.63. The highest BCUT2D eigenvalue weighted by Gasteiger charge is 2.33. The predicted molar refractivity (Wildman–Crippen MR) is 77.4 cm³/mol. The van der Waals surface area contributed by atoms with Gasteiger partial charge >= 0.3 is 5.97 Å². The predicted octanol–water partition coefficient (Wildman–Crippen LogP) is 2.43. The zero-order valence-electron chi connectivity index (χ0n) is 11.6. The molecule has 0 heterocycles. The highest BCUT2D eigenvalue weighted by Crippen LogP contribution is 2.24. The Balaban J connectivity index is 3.02. The molecule has 0 saturated carbocycles. The fourth-order valence-electron chi connectivity index (χ4n) is 1.56. The van der Waals surface area contributed by atoms with Crippen LogP contribution in [-0.4, -0.2) is 26.0 Å². The summed E-state index contributed by atoms with van der Waals surface area (Å²) in [7, 11) is -3.79. The van der Waals surface area contributed by atoms with Crippen LogP contribution in [0.15, 0.2) is 23.1 Å². The van der Waals surface area contributed by atoms with Crippen molar-refractivity contribution in [3.8, 4) is 0 Å². The second-order valence-corrected chi connectivity index (χ2v) is 7.05. The van der Waals surface area contributed by atoms with Gasteiger partial charge in [-0.05, 0) is 38.0 Å². The first kappa shape index (κ1) is 16.9. The summed E-state index contributed by atoms with van der Waals surface area (Å²) in [5, 5.41) is 9.49. The first-order valence-electron chi connectivity index (χ1n) is 6.12. The monoisotopic (exact) mass is 319 g/mol. The van der Waals surface area contributed by atoms with E-state index in [0.29, 0.717) is 17.0 Å². The van der Waals surface area contributed by atoms with Crippen molar-refractivity contribution in [2.45, 2.75) is 32.1 Å². The van der Waals surface area contributed by atoms with Crippen molar-refractivity contribution in [1.29, 1.82) is 0 Å². The van der Waals surface area contributed by atoms with Crippen LogP contribution in [0.5, 0.6) is 0 Å². The van der Waals surface area contributed by atoms with E-state index in [2.05, 4.69) is 4.72 Å². The lowest BCUT2D eigenvalue weighted by atomic mass is 9.88. The van der Waals surface area contributed by atoms with Gasteiger partial charge in [-0.25, -0.2) is 13.1 Å². The number of carbonyl (C=O) groups is 1. The first-order valence-corrected chi connectivity index (χ1v) is 7.98.